The normalized spacial score (nSPS) is 17.9. The molecule has 7 nitrogen and oxygen atoms in total. The summed E-state index contributed by atoms with van der Waals surface area (Å²) in [6.07, 6.45) is 0.839. The average Bonchev–Trinajstić information content (AvgIpc) is 2.76. The summed E-state index contributed by atoms with van der Waals surface area (Å²) in [5, 5.41) is 0. The summed E-state index contributed by atoms with van der Waals surface area (Å²) in [6, 6.07) is 11.1. The minimum atomic E-state index is -3.84. The Morgan fingerprint density at radius 2 is 1.74 bits per heavy atom. The number of hydrogen-bond acceptors (Lipinski definition) is 5. The first kappa shape index (κ1) is 21.3. The summed E-state index contributed by atoms with van der Waals surface area (Å²) in [6.45, 7) is 6.58. The van der Waals surface area contributed by atoms with Gasteiger partial charge in [0.1, 0.15) is 16.5 Å². The molecule has 0 spiro atoms. The van der Waals surface area contributed by atoms with Crippen molar-refractivity contribution < 1.29 is 17.6 Å². The molecule has 1 fully saturated rings. The molecule has 0 aromatic heterocycles. The van der Waals surface area contributed by atoms with Gasteiger partial charge >= 0.3 is 0 Å². The topological polar surface area (TPSA) is 73.3 Å². The van der Waals surface area contributed by atoms with E-state index in [1.807, 2.05) is 11.8 Å². The number of fused-ring (bicyclic) bond motifs is 1. The standard InChI is InChI=1S/C22H25FN4O3S/c1-3-10-27-16(2)24-31(29,30)21-15-17(4-9-20(21)27)22(28)26-13-11-25(12-14-26)19-7-5-18(23)6-8-19/h4-9,15H,3,10-14H2,1-2H3. The predicted molar refractivity (Wildman–Crippen MR) is 119 cm³/mol. The molecule has 0 aliphatic carbocycles. The highest BCUT2D eigenvalue weighted by molar-refractivity contribution is 7.90. The fourth-order valence-corrected chi connectivity index (χ4v) is 5.29. The number of sulfonamides is 1. The van der Waals surface area contributed by atoms with Gasteiger partial charge in [0.2, 0.25) is 0 Å². The van der Waals surface area contributed by atoms with Crippen LogP contribution in [0.4, 0.5) is 15.8 Å². The van der Waals surface area contributed by atoms with Crippen molar-refractivity contribution in [1.82, 2.24) is 4.90 Å². The summed E-state index contributed by atoms with van der Waals surface area (Å²) in [5.41, 5.74) is 1.81. The van der Waals surface area contributed by atoms with Gasteiger partial charge in [0.15, 0.2) is 0 Å². The number of carbonyl (C=O) groups is 1. The lowest BCUT2D eigenvalue weighted by Gasteiger charge is -2.36. The fraction of sp³-hybridized carbons (Fsp3) is 0.364. The Kier molecular flexibility index (Phi) is 5.70. The average molecular weight is 445 g/mol. The van der Waals surface area contributed by atoms with Crippen LogP contribution in [0, 0.1) is 5.82 Å². The Bertz CT molecular complexity index is 1120. The van der Waals surface area contributed by atoms with E-state index in [0.717, 1.165) is 12.1 Å². The second kappa shape index (κ2) is 8.30. The van der Waals surface area contributed by atoms with Crippen molar-refractivity contribution in [2.45, 2.75) is 25.2 Å². The van der Waals surface area contributed by atoms with E-state index in [4.69, 9.17) is 0 Å². The Morgan fingerprint density at radius 1 is 1.06 bits per heavy atom. The van der Waals surface area contributed by atoms with Gasteiger partial charge in [-0.2, -0.15) is 8.42 Å². The lowest BCUT2D eigenvalue weighted by atomic mass is 10.1. The van der Waals surface area contributed by atoms with Crippen LogP contribution < -0.4 is 9.80 Å². The van der Waals surface area contributed by atoms with E-state index in [2.05, 4.69) is 9.30 Å². The van der Waals surface area contributed by atoms with Gasteiger partial charge in [0.25, 0.3) is 15.9 Å². The van der Waals surface area contributed by atoms with Crippen molar-refractivity contribution in [3.05, 3.63) is 53.8 Å². The van der Waals surface area contributed by atoms with Crippen molar-refractivity contribution in [3.8, 4) is 0 Å². The molecular formula is C22H25FN4O3S. The van der Waals surface area contributed by atoms with Crippen LogP contribution in [-0.2, 0) is 10.0 Å². The number of rotatable bonds is 4. The number of nitrogens with zero attached hydrogens (tertiary/aromatic N) is 4. The molecule has 2 aromatic carbocycles. The molecule has 0 bridgehead atoms. The first-order valence-electron chi connectivity index (χ1n) is 10.3. The van der Waals surface area contributed by atoms with E-state index in [-0.39, 0.29) is 16.6 Å². The number of piperazine rings is 1. The third-order valence-electron chi connectivity index (χ3n) is 5.62. The summed E-state index contributed by atoms with van der Waals surface area (Å²) in [4.78, 5) is 18.8. The SMILES string of the molecule is CCCN1C(C)=NS(=O)(=O)c2cc(C(=O)N3CCN(c4ccc(F)cc4)CC3)ccc21. The fourth-order valence-electron chi connectivity index (χ4n) is 4.03. The van der Waals surface area contributed by atoms with Crippen molar-refractivity contribution in [3.63, 3.8) is 0 Å². The lowest BCUT2D eigenvalue weighted by Crippen LogP contribution is -2.48. The van der Waals surface area contributed by atoms with E-state index < -0.39 is 10.0 Å². The molecule has 4 rings (SSSR count). The van der Waals surface area contributed by atoms with Gasteiger partial charge in [-0.05, 0) is 55.8 Å². The number of hydrogen-bond donors (Lipinski definition) is 0. The van der Waals surface area contributed by atoms with Gasteiger partial charge in [0.05, 0.1) is 5.69 Å². The molecule has 31 heavy (non-hydrogen) atoms. The smallest absolute Gasteiger partial charge is 0.286 e. The van der Waals surface area contributed by atoms with E-state index in [0.29, 0.717) is 49.8 Å². The van der Waals surface area contributed by atoms with Gasteiger partial charge in [-0.25, -0.2) is 4.39 Å². The largest absolute Gasteiger partial charge is 0.368 e. The highest BCUT2D eigenvalue weighted by atomic mass is 32.2. The Labute approximate surface area is 181 Å². The number of amides is 1. The monoisotopic (exact) mass is 444 g/mol. The molecule has 2 heterocycles. The Hall–Kier alpha value is -2.94. The van der Waals surface area contributed by atoms with Crippen molar-refractivity contribution in [1.29, 1.82) is 0 Å². The molecule has 164 valence electrons. The van der Waals surface area contributed by atoms with Crippen LogP contribution in [0.15, 0.2) is 51.8 Å². The summed E-state index contributed by atoms with van der Waals surface area (Å²) >= 11 is 0. The molecule has 0 atom stereocenters. The first-order valence-corrected chi connectivity index (χ1v) is 11.8. The molecule has 0 saturated carbocycles. The van der Waals surface area contributed by atoms with Crippen LogP contribution in [0.1, 0.15) is 30.6 Å². The highest BCUT2D eigenvalue weighted by Crippen LogP contribution is 2.33. The van der Waals surface area contributed by atoms with Crippen LogP contribution in [-0.4, -0.2) is 57.8 Å². The van der Waals surface area contributed by atoms with Gasteiger partial charge < -0.3 is 14.7 Å². The molecule has 0 radical (unpaired) electrons. The van der Waals surface area contributed by atoms with E-state index >= 15 is 0 Å². The second-order valence-electron chi connectivity index (χ2n) is 7.70. The summed E-state index contributed by atoms with van der Waals surface area (Å²) in [7, 11) is -3.84. The molecule has 2 aromatic rings. The molecule has 1 amide bonds. The third-order valence-corrected chi connectivity index (χ3v) is 7.01. The van der Waals surface area contributed by atoms with Crippen LogP contribution >= 0.6 is 0 Å². The zero-order valence-corrected chi connectivity index (χ0v) is 18.4. The molecule has 2 aliphatic rings. The zero-order chi connectivity index (χ0) is 22.2. The van der Waals surface area contributed by atoms with Gasteiger partial charge in [-0.15, -0.1) is 4.40 Å². The van der Waals surface area contributed by atoms with Gasteiger partial charge in [-0.3, -0.25) is 4.79 Å². The summed E-state index contributed by atoms with van der Waals surface area (Å²) in [5.74, 6) is -0.0487. The van der Waals surface area contributed by atoms with Crippen molar-refractivity contribution in [2.75, 3.05) is 42.5 Å². The van der Waals surface area contributed by atoms with E-state index in [1.165, 1.54) is 18.2 Å². The Morgan fingerprint density at radius 3 is 2.39 bits per heavy atom. The third kappa shape index (κ3) is 4.14. The van der Waals surface area contributed by atoms with E-state index in [9.17, 15) is 17.6 Å². The summed E-state index contributed by atoms with van der Waals surface area (Å²) < 4.78 is 42.3. The van der Waals surface area contributed by atoms with Crippen LogP contribution in [0.2, 0.25) is 0 Å². The molecule has 2 aliphatic heterocycles. The first-order chi connectivity index (χ1) is 14.8. The van der Waals surface area contributed by atoms with E-state index in [1.54, 1.807) is 36.1 Å². The highest BCUT2D eigenvalue weighted by Gasteiger charge is 2.30. The maximum Gasteiger partial charge on any atom is 0.286 e. The van der Waals surface area contributed by atoms with Crippen molar-refractivity contribution >= 4 is 33.1 Å². The maximum atomic E-state index is 13.1. The number of anilines is 2. The zero-order valence-electron chi connectivity index (χ0n) is 17.6. The van der Waals surface area contributed by atoms with Crippen molar-refractivity contribution in [2.24, 2.45) is 4.40 Å². The van der Waals surface area contributed by atoms with Gasteiger partial charge in [0, 0.05) is 44.0 Å². The molecular weight excluding hydrogens is 419 g/mol. The number of carbonyl (C=O) groups excluding carboxylic acids is 1. The maximum absolute atomic E-state index is 13.1. The van der Waals surface area contributed by atoms with Gasteiger partial charge in [-0.1, -0.05) is 6.92 Å². The van der Waals surface area contributed by atoms with Crippen LogP contribution in [0.5, 0.6) is 0 Å². The molecule has 1 saturated heterocycles. The minimum absolute atomic E-state index is 0.0716. The van der Waals surface area contributed by atoms with Crippen LogP contribution in [0.25, 0.3) is 0 Å². The number of benzene rings is 2. The quantitative estimate of drug-likeness (QED) is 0.725. The minimum Gasteiger partial charge on any atom is -0.368 e. The van der Waals surface area contributed by atoms with Crippen LogP contribution in [0.3, 0.4) is 0 Å². The number of amidine groups is 1. The number of halogens is 1. The predicted octanol–water partition coefficient (Wildman–Crippen LogP) is 3.13. The molecule has 9 heteroatoms. The second-order valence-corrected chi connectivity index (χ2v) is 9.28. The molecule has 0 unspecified atom stereocenters. The Balaban J connectivity index is 1.52. The molecule has 0 N–H and O–H groups in total. The lowest BCUT2D eigenvalue weighted by molar-refractivity contribution is 0.0746.